The molecule has 3 nitrogen and oxygen atoms in total. The SMILES string of the molecule is NCC(=O)N1CC[C@]2(CC[C@H](CCl)C2)C1. The first-order valence-corrected chi connectivity index (χ1v) is 6.26. The molecule has 0 aromatic carbocycles. The van der Waals surface area contributed by atoms with Crippen LogP contribution in [0.1, 0.15) is 25.7 Å². The van der Waals surface area contributed by atoms with Crippen molar-refractivity contribution in [3.63, 3.8) is 0 Å². The van der Waals surface area contributed by atoms with E-state index in [4.69, 9.17) is 17.3 Å². The highest BCUT2D eigenvalue weighted by molar-refractivity contribution is 6.18. The molecule has 1 heterocycles. The van der Waals surface area contributed by atoms with E-state index >= 15 is 0 Å². The monoisotopic (exact) mass is 230 g/mol. The van der Waals surface area contributed by atoms with Crippen molar-refractivity contribution in [3.8, 4) is 0 Å². The Kier molecular flexibility index (Phi) is 3.21. The van der Waals surface area contributed by atoms with E-state index in [9.17, 15) is 4.79 Å². The molecule has 1 amide bonds. The Morgan fingerprint density at radius 1 is 1.53 bits per heavy atom. The molecule has 1 saturated carbocycles. The van der Waals surface area contributed by atoms with E-state index < -0.39 is 0 Å². The largest absolute Gasteiger partial charge is 0.341 e. The molecule has 15 heavy (non-hydrogen) atoms. The van der Waals surface area contributed by atoms with Gasteiger partial charge in [0.25, 0.3) is 0 Å². The zero-order valence-electron chi connectivity index (χ0n) is 9.04. The maximum Gasteiger partial charge on any atom is 0.236 e. The number of hydrogen-bond acceptors (Lipinski definition) is 2. The normalized spacial score (nSPS) is 35.3. The molecule has 0 aromatic heterocycles. The van der Waals surface area contributed by atoms with Crippen LogP contribution in [0.5, 0.6) is 0 Å². The Bertz CT molecular complexity index is 259. The van der Waals surface area contributed by atoms with Crippen molar-refractivity contribution in [2.75, 3.05) is 25.5 Å². The van der Waals surface area contributed by atoms with Gasteiger partial charge in [0.1, 0.15) is 0 Å². The first-order chi connectivity index (χ1) is 7.19. The summed E-state index contributed by atoms with van der Waals surface area (Å²) in [5.74, 6) is 1.54. The molecule has 0 unspecified atom stereocenters. The van der Waals surface area contributed by atoms with E-state index in [1.807, 2.05) is 4.90 Å². The quantitative estimate of drug-likeness (QED) is 0.725. The molecular weight excluding hydrogens is 212 g/mol. The van der Waals surface area contributed by atoms with Gasteiger partial charge in [-0.25, -0.2) is 0 Å². The number of carbonyl (C=O) groups is 1. The van der Waals surface area contributed by atoms with Crippen molar-refractivity contribution in [1.82, 2.24) is 4.90 Å². The first-order valence-electron chi connectivity index (χ1n) is 5.73. The molecule has 1 saturated heterocycles. The van der Waals surface area contributed by atoms with E-state index in [0.29, 0.717) is 11.3 Å². The molecular formula is C11H19ClN2O. The molecule has 2 atom stereocenters. The van der Waals surface area contributed by atoms with Gasteiger partial charge >= 0.3 is 0 Å². The minimum Gasteiger partial charge on any atom is -0.341 e. The van der Waals surface area contributed by atoms with Crippen LogP contribution in [0.25, 0.3) is 0 Å². The summed E-state index contributed by atoms with van der Waals surface area (Å²) >= 11 is 5.90. The van der Waals surface area contributed by atoms with Crippen LogP contribution < -0.4 is 5.73 Å². The fraction of sp³-hybridized carbons (Fsp3) is 0.909. The fourth-order valence-electron chi connectivity index (χ4n) is 3.11. The summed E-state index contributed by atoms with van der Waals surface area (Å²) in [4.78, 5) is 13.4. The molecule has 2 N–H and O–H groups in total. The second-order valence-corrected chi connectivity index (χ2v) is 5.34. The van der Waals surface area contributed by atoms with E-state index in [2.05, 4.69) is 0 Å². The van der Waals surface area contributed by atoms with E-state index in [1.54, 1.807) is 0 Å². The maximum absolute atomic E-state index is 11.5. The predicted molar refractivity (Wildman–Crippen MR) is 60.7 cm³/mol. The van der Waals surface area contributed by atoms with Crippen LogP contribution in [0, 0.1) is 11.3 Å². The van der Waals surface area contributed by atoms with Crippen LogP contribution in [0.4, 0.5) is 0 Å². The van der Waals surface area contributed by atoms with Crippen molar-refractivity contribution in [3.05, 3.63) is 0 Å². The highest BCUT2D eigenvalue weighted by Crippen LogP contribution is 2.48. The number of nitrogens with zero attached hydrogens (tertiary/aromatic N) is 1. The lowest BCUT2D eigenvalue weighted by Crippen LogP contribution is -2.35. The van der Waals surface area contributed by atoms with Crippen LogP contribution in [-0.4, -0.2) is 36.3 Å². The van der Waals surface area contributed by atoms with Crippen molar-refractivity contribution < 1.29 is 4.79 Å². The Labute approximate surface area is 95.9 Å². The summed E-state index contributed by atoms with van der Waals surface area (Å²) in [5, 5.41) is 0. The standard InChI is InChI=1S/C11H19ClN2O/c12-6-9-1-2-11(5-9)3-4-14(8-11)10(15)7-13/h9H,1-8,13H2/t9-,11-/m0/s1. The highest BCUT2D eigenvalue weighted by atomic mass is 35.5. The molecule has 0 radical (unpaired) electrons. The predicted octanol–water partition coefficient (Wildman–Crippen LogP) is 1.20. The lowest BCUT2D eigenvalue weighted by molar-refractivity contribution is -0.129. The summed E-state index contributed by atoms with van der Waals surface area (Å²) in [6.45, 7) is 1.95. The maximum atomic E-state index is 11.5. The van der Waals surface area contributed by atoms with E-state index in [1.165, 1.54) is 19.3 Å². The molecule has 2 fully saturated rings. The average Bonchev–Trinajstić information content (AvgIpc) is 2.86. The zero-order valence-corrected chi connectivity index (χ0v) is 9.80. The smallest absolute Gasteiger partial charge is 0.236 e. The fourth-order valence-corrected chi connectivity index (χ4v) is 3.37. The van der Waals surface area contributed by atoms with Gasteiger partial charge in [-0.1, -0.05) is 0 Å². The third kappa shape index (κ3) is 2.13. The van der Waals surface area contributed by atoms with Gasteiger partial charge in [-0.2, -0.15) is 0 Å². The third-order valence-electron chi connectivity index (χ3n) is 3.99. The second-order valence-electron chi connectivity index (χ2n) is 5.03. The van der Waals surface area contributed by atoms with Gasteiger partial charge in [-0.05, 0) is 37.0 Å². The Morgan fingerprint density at radius 2 is 2.33 bits per heavy atom. The summed E-state index contributed by atoms with van der Waals surface area (Å²) in [6.07, 6.45) is 4.81. The zero-order chi connectivity index (χ0) is 10.9. The van der Waals surface area contributed by atoms with Crippen molar-refractivity contribution in [2.24, 2.45) is 17.1 Å². The van der Waals surface area contributed by atoms with Crippen LogP contribution in [-0.2, 0) is 4.79 Å². The molecule has 2 aliphatic rings. The number of hydrogen-bond donors (Lipinski definition) is 1. The molecule has 4 heteroatoms. The topological polar surface area (TPSA) is 46.3 Å². The second kappa shape index (κ2) is 4.30. The molecule has 1 spiro atoms. The Balaban J connectivity index is 1.94. The van der Waals surface area contributed by atoms with Gasteiger partial charge < -0.3 is 10.6 Å². The third-order valence-corrected chi connectivity index (χ3v) is 4.42. The van der Waals surface area contributed by atoms with Crippen LogP contribution in [0.15, 0.2) is 0 Å². The lowest BCUT2D eigenvalue weighted by Gasteiger charge is -2.23. The number of nitrogens with two attached hydrogens (primary N) is 1. The van der Waals surface area contributed by atoms with Gasteiger partial charge in [-0.15, -0.1) is 11.6 Å². The molecule has 0 bridgehead atoms. The molecule has 1 aliphatic heterocycles. The van der Waals surface area contributed by atoms with Gasteiger partial charge in [0.05, 0.1) is 6.54 Å². The summed E-state index contributed by atoms with van der Waals surface area (Å²) in [7, 11) is 0. The minimum absolute atomic E-state index is 0.0983. The van der Waals surface area contributed by atoms with Gasteiger partial charge in [-0.3, -0.25) is 4.79 Å². The average molecular weight is 231 g/mol. The van der Waals surface area contributed by atoms with Crippen molar-refractivity contribution >= 4 is 17.5 Å². The molecule has 1 aliphatic carbocycles. The number of halogens is 1. The van der Waals surface area contributed by atoms with Crippen LogP contribution >= 0.6 is 11.6 Å². The van der Waals surface area contributed by atoms with E-state index in [-0.39, 0.29) is 12.5 Å². The molecule has 86 valence electrons. The number of alkyl halides is 1. The highest BCUT2D eigenvalue weighted by Gasteiger charge is 2.44. The minimum atomic E-state index is 0.0983. The number of carbonyl (C=O) groups excluding carboxylic acids is 1. The van der Waals surface area contributed by atoms with E-state index in [0.717, 1.165) is 25.4 Å². The summed E-state index contributed by atoms with van der Waals surface area (Å²) in [6, 6.07) is 0. The summed E-state index contributed by atoms with van der Waals surface area (Å²) in [5.41, 5.74) is 5.76. The summed E-state index contributed by atoms with van der Waals surface area (Å²) < 4.78 is 0. The molecule has 2 rings (SSSR count). The Morgan fingerprint density at radius 3 is 2.93 bits per heavy atom. The number of likely N-dealkylation sites (tertiary alicyclic amines) is 1. The van der Waals surface area contributed by atoms with Gasteiger partial charge in [0.2, 0.25) is 5.91 Å². The lowest BCUT2D eigenvalue weighted by atomic mass is 9.85. The van der Waals surface area contributed by atoms with Gasteiger partial charge in [0.15, 0.2) is 0 Å². The Hall–Kier alpha value is -0.280. The molecule has 0 aromatic rings. The first kappa shape index (κ1) is 11.2. The van der Waals surface area contributed by atoms with Crippen molar-refractivity contribution in [1.29, 1.82) is 0 Å². The van der Waals surface area contributed by atoms with Crippen molar-refractivity contribution in [2.45, 2.75) is 25.7 Å². The van der Waals surface area contributed by atoms with Crippen LogP contribution in [0.2, 0.25) is 0 Å². The number of rotatable bonds is 2. The van der Waals surface area contributed by atoms with Gasteiger partial charge in [0, 0.05) is 19.0 Å². The van der Waals surface area contributed by atoms with Crippen LogP contribution in [0.3, 0.4) is 0 Å². The number of amides is 1.